The number of pyridine rings is 1. The van der Waals surface area contributed by atoms with Crippen LogP contribution in [0, 0.1) is 0 Å². The topological polar surface area (TPSA) is 34.6 Å². The minimum Gasteiger partial charge on any atom is -0.399 e. The number of piperidine rings is 1. The normalized spacial score (nSPS) is 48.4. The van der Waals surface area contributed by atoms with Crippen LogP contribution in [0.25, 0.3) is 0 Å². The third-order valence-electron chi connectivity index (χ3n) is 4.16. The summed E-state index contributed by atoms with van der Waals surface area (Å²) in [5, 5.41) is 0. The van der Waals surface area contributed by atoms with Gasteiger partial charge in [0.1, 0.15) is 0 Å². The minimum atomic E-state index is -3.69. The summed E-state index contributed by atoms with van der Waals surface area (Å²) in [6, 6.07) is -2.39. The fourth-order valence-electron chi connectivity index (χ4n) is 2.16. The van der Waals surface area contributed by atoms with Crippen LogP contribution in [0.15, 0.2) is 18.5 Å². The highest BCUT2D eigenvalue weighted by Crippen LogP contribution is 2.36. The largest absolute Gasteiger partial charge is 0.496 e. The van der Waals surface area contributed by atoms with Crippen molar-refractivity contribution in [3.05, 3.63) is 18.5 Å². The Kier molecular flexibility index (Phi) is 1.72. The first-order valence-corrected chi connectivity index (χ1v) is 7.01. The molecule has 3 heterocycles. The molecular formula is C17H27BN2O2. The van der Waals surface area contributed by atoms with E-state index in [-0.39, 0.29) is 10.4 Å². The van der Waals surface area contributed by atoms with E-state index in [1.165, 1.54) is 12.3 Å². The van der Waals surface area contributed by atoms with E-state index in [9.17, 15) is 0 Å². The van der Waals surface area contributed by atoms with Crippen molar-refractivity contribution in [1.29, 1.82) is 0 Å². The highest BCUT2D eigenvalue weighted by Gasteiger charge is 2.51. The fraction of sp³-hybridized carbons (Fsp3) is 0.706. The van der Waals surface area contributed by atoms with Crippen LogP contribution in [0.4, 0.5) is 5.69 Å². The van der Waals surface area contributed by atoms with Crippen LogP contribution in [0.1, 0.15) is 70.1 Å². The Morgan fingerprint density at radius 3 is 2.73 bits per heavy atom. The van der Waals surface area contributed by atoms with Gasteiger partial charge in [-0.05, 0) is 59.7 Å². The van der Waals surface area contributed by atoms with Crippen molar-refractivity contribution in [2.45, 2.75) is 70.9 Å². The monoisotopic (exact) mass is 314 g/mol. The molecule has 0 bridgehead atoms. The van der Waals surface area contributed by atoms with Gasteiger partial charge in [-0.2, -0.15) is 0 Å². The molecule has 1 unspecified atom stereocenters. The molecule has 0 N–H and O–H groups in total. The summed E-state index contributed by atoms with van der Waals surface area (Å²) in [4.78, 5) is 4.11. The minimum absolute atomic E-state index is 0.135. The summed E-state index contributed by atoms with van der Waals surface area (Å²) in [6.07, 6.45) is -8.67. The van der Waals surface area contributed by atoms with Crippen LogP contribution in [-0.4, -0.2) is 35.8 Å². The molecule has 0 aliphatic carbocycles. The van der Waals surface area contributed by atoms with Gasteiger partial charge in [0.05, 0.1) is 24.5 Å². The van der Waals surface area contributed by atoms with Crippen molar-refractivity contribution in [2.75, 3.05) is 11.4 Å². The molecule has 0 saturated carbocycles. The number of hydrogen-bond donors (Lipinski definition) is 0. The standard InChI is InChI=1S/C17H27BN2O2/c1-13-8-6-7-9-20(13)15-10-14(11-19-12-15)18-21-16(2,3)17(4,5)22-18/h10-13H,6-9H2,1-5H3/i1D3,6D2,7D2,8D2,9D2,13D. The lowest BCUT2D eigenvalue weighted by Gasteiger charge is -2.35. The zero-order valence-corrected chi connectivity index (χ0v) is 13.0. The molecule has 2 aliphatic rings. The van der Waals surface area contributed by atoms with Crippen molar-refractivity contribution in [3.8, 4) is 0 Å². The molecule has 0 spiro atoms. The third-order valence-corrected chi connectivity index (χ3v) is 4.16. The summed E-state index contributed by atoms with van der Waals surface area (Å²) < 4.78 is 110. The number of rotatable bonds is 2. The number of nitrogens with zero attached hydrogens (tertiary/aromatic N) is 2. The summed E-state index contributed by atoms with van der Waals surface area (Å²) in [6.45, 7) is 0.0944. The van der Waals surface area contributed by atoms with E-state index in [4.69, 9.17) is 25.8 Å². The zero-order valence-electron chi connectivity index (χ0n) is 25.0. The van der Waals surface area contributed by atoms with E-state index >= 15 is 0 Å². The van der Waals surface area contributed by atoms with E-state index in [2.05, 4.69) is 4.98 Å². The second-order valence-corrected chi connectivity index (χ2v) is 6.24. The Morgan fingerprint density at radius 1 is 1.32 bits per heavy atom. The molecule has 22 heavy (non-hydrogen) atoms. The predicted octanol–water partition coefficient (Wildman–Crippen LogP) is 2.76. The molecule has 5 heteroatoms. The maximum atomic E-state index is 8.71. The molecule has 2 fully saturated rings. The predicted molar refractivity (Wildman–Crippen MR) is 90.6 cm³/mol. The molecule has 1 aromatic heterocycles. The Hall–Kier alpha value is -1.07. The quantitative estimate of drug-likeness (QED) is 0.786. The molecule has 4 nitrogen and oxygen atoms in total. The molecule has 120 valence electrons. The van der Waals surface area contributed by atoms with Crippen LogP contribution in [-0.2, 0) is 9.31 Å². The summed E-state index contributed by atoms with van der Waals surface area (Å²) >= 11 is 0. The van der Waals surface area contributed by atoms with Crippen molar-refractivity contribution in [2.24, 2.45) is 0 Å². The number of hydrogen-bond acceptors (Lipinski definition) is 4. The average Bonchev–Trinajstić information content (AvgIpc) is 2.87. The first-order chi connectivity index (χ1) is 14.9. The van der Waals surface area contributed by atoms with Crippen LogP contribution < -0.4 is 10.4 Å². The Bertz CT molecular complexity index is 967. The first-order valence-electron chi connectivity index (χ1n) is 13.0. The maximum Gasteiger partial charge on any atom is 0.496 e. The van der Waals surface area contributed by atoms with Crippen molar-refractivity contribution < 1.29 is 25.8 Å². The van der Waals surface area contributed by atoms with Crippen LogP contribution in [0.3, 0.4) is 0 Å². The molecule has 3 rings (SSSR count). The molecule has 0 aromatic carbocycles. The second kappa shape index (κ2) is 5.53. The zero-order chi connectivity index (χ0) is 26.6. The third kappa shape index (κ3) is 2.76. The van der Waals surface area contributed by atoms with Gasteiger partial charge in [0.25, 0.3) is 0 Å². The highest BCUT2D eigenvalue weighted by molar-refractivity contribution is 6.62. The van der Waals surface area contributed by atoms with Gasteiger partial charge in [-0.1, -0.05) is 0 Å². The van der Waals surface area contributed by atoms with Gasteiger partial charge in [-0.15, -0.1) is 0 Å². The molecule has 0 amide bonds. The lowest BCUT2D eigenvalue weighted by atomic mass is 9.80. The summed E-state index contributed by atoms with van der Waals surface area (Å²) in [5.74, 6) is 0. The Balaban J connectivity index is 2.26. The molecule has 1 atom stereocenters. The number of anilines is 1. The summed E-state index contributed by atoms with van der Waals surface area (Å²) in [5.41, 5.74) is -1.74. The van der Waals surface area contributed by atoms with Gasteiger partial charge in [0, 0.05) is 39.3 Å². The van der Waals surface area contributed by atoms with Gasteiger partial charge in [-0.25, -0.2) is 0 Å². The van der Waals surface area contributed by atoms with Crippen LogP contribution >= 0.6 is 0 Å². The number of aromatic nitrogens is 1. The van der Waals surface area contributed by atoms with Crippen molar-refractivity contribution >= 4 is 18.3 Å². The molecule has 2 aliphatic heterocycles. The van der Waals surface area contributed by atoms with Gasteiger partial charge in [0.2, 0.25) is 0 Å². The van der Waals surface area contributed by atoms with Crippen LogP contribution in [0.2, 0.25) is 0 Å². The fourth-order valence-corrected chi connectivity index (χ4v) is 2.16. The smallest absolute Gasteiger partial charge is 0.399 e. The van der Waals surface area contributed by atoms with E-state index in [0.717, 1.165) is 6.20 Å². The molecule has 1 aromatic rings. The van der Waals surface area contributed by atoms with Gasteiger partial charge >= 0.3 is 7.12 Å². The first kappa shape index (κ1) is 6.82. The SMILES string of the molecule is [2H]C([2H])([2H])C1([2H])N(c2cncc(B3OC(C)(C)C(C)(C)O3)c2)C([2H])([2H])C([2H])([2H])C([2H])([2H])C1([2H])[2H]. The second-order valence-electron chi connectivity index (χ2n) is 6.24. The lowest BCUT2D eigenvalue weighted by Crippen LogP contribution is -2.41. The van der Waals surface area contributed by atoms with Crippen molar-refractivity contribution in [3.63, 3.8) is 0 Å². The Labute approximate surface area is 151 Å². The maximum absolute atomic E-state index is 8.71. The van der Waals surface area contributed by atoms with E-state index in [1.807, 2.05) is 0 Å². The van der Waals surface area contributed by atoms with Crippen LogP contribution in [0.5, 0.6) is 0 Å². The van der Waals surface area contributed by atoms with Gasteiger partial charge in [-0.3, -0.25) is 4.98 Å². The molecule has 0 radical (unpaired) electrons. The van der Waals surface area contributed by atoms with E-state index < -0.39 is 62.5 Å². The van der Waals surface area contributed by atoms with Gasteiger partial charge < -0.3 is 14.2 Å². The van der Waals surface area contributed by atoms with Gasteiger partial charge in [0.15, 0.2) is 0 Å². The highest BCUT2D eigenvalue weighted by atomic mass is 16.7. The lowest BCUT2D eigenvalue weighted by molar-refractivity contribution is 0.00578. The average molecular weight is 314 g/mol. The summed E-state index contributed by atoms with van der Waals surface area (Å²) in [7, 11) is -1.01. The Morgan fingerprint density at radius 2 is 2.05 bits per heavy atom. The van der Waals surface area contributed by atoms with Crippen molar-refractivity contribution in [1.82, 2.24) is 4.98 Å². The molecular weight excluding hydrogens is 275 g/mol. The van der Waals surface area contributed by atoms with E-state index in [1.54, 1.807) is 27.7 Å². The molecule has 2 saturated heterocycles. The van der Waals surface area contributed by atoms with E-state index in [0.29, 0.717) is 0 Å².